The van der Waals surface area contributed by atoms with Crippen LogP contribution in [0, 0.1) is 18.8 Å². The van der Waals surface area contributed by atoms with E-state index in [1.165, 1.54) is 68.9 Å². The van der Waals surface area contributed by atoms with Crippen molar-refractivity contribution in [3.63, 3.8) is 0 Å². The van der Waals surface area contributed by atoms with Gasteiger partial charge in [-0.2, -0.15) is 0 Å². The molecule has 214 valence electrons. The summed E-state index contributed by atoms with van der Waals surface area (Å²) in [5.41, 5.74) is 6.78. The van der Waals surface area contributed by atoms with E-state index in [0.29, 0.717) is 5.92 Å². The van der Waals surface area contributed by atoms with Gasteiger partial charge in [0.2, 0.25) is 0 Å². The molecule has 2 aromatic rings. The summed E-state index contributed by atoms with van der Waals surface area (Å²) in [6.45, 7) is 25.9. The van der Waals surface area contributed by atoms with Gasteiger partial charge in [-0.3, -0.25) is 0 Å². The number of aromatic nitrogens is 1. The number of allylic oxidation sites excluding steroid dienone is 1. The van der Waals surface area contributed by atoms with Gasteiger partial charge in [-0.25, -0.2) is 9.98 Å². The largest absolute Gasteiger partial charge is 0.238 e. The van der Waals surface area contributed by atoms with Gasteiger partial charge < -0.3 is 0 Å². The van der Waals surface area contributed by atoms with Crippen molar-refractivity contribution >= 4 is 17.1 Å². The van der Waals surface area contributed by atoms with Crippen molar-refractivity contribution in [1.29, 1.82) is 0 Å². The lowest BCUT2D eigenvalue weighted by molar-refractivity contribution is 0.480. The van der Waals surface area contributed by atoms with Gasteiger partial charge >= 0.3 is 0 Å². The smallest absolute Gasteiger partial charge is 0.154 e. The number of unbranched alkanes of at least 4 members (excludes halogenated alkanes) is 4. The SMILES string of the molecule is C=C(C)c1ccc(-c2cnc(N=C(C)C(C)CC)c(C)c2)cc1.CCCC(C)CCC.CCCCCCC. The summed E-state index contributed by atoms with van der Waals surface area (Å²) in [4.78, 5) is 9.26. The predicted octanol–water partition coefficient (Wildman–Crippen LogP) is 12.4. The van der Waals surface area contributed by atoms with Gasteiger partial charge in [-0.05, 0) is 61.8 Å². The third kappa shape index (κ3) is 15.3. The minimum Gasteiger partial charge on any atom is -0.238 e. The van der Waals surface area contributed by atoms with Crippen molar-refractivity contribution in [2.24, 2.45) is 16.8 Å². The summed E-state index contributed by atoms with van der Waals surface area (Å²) in [6.07, 6.45) is 15.5. The molecule has 2 heteroatoms. The Labute approximate surface area is 237 Å². The Kier molecular flexibility index (Phi) is 20.4. The van der Waals surface area contributed by atoms with E-state index in [1.807, 2.05) is 13.1 Å². The lowest BCUT2D eigenvalue weighted by atomic mass is 10.0. The molecule has 0 aliphatic rings. The van der Waals surface area contributed by atoms with E-state index >= 15 is 0 Å². The summed E-state index contributed by atoms with van der Waals surface area (Å²) in [5, 5.41) is 0. The molecule has 2 nitrogen and oxygen atoms in total. The van der Waals surface area contributed by atoms with Gasteiger partial charge in [0.05, 0.1) is 0 Å². The Hall–Kier alpha value is -2.22. The van der Waals surface area contributed by atoms with E-state index in [9.17, 15) is 0 Å². The second-order valence-corrected chi connectivity index (χ2v) is 11.0. The quantitative estimate of drug-likeness (QED) is 0.190. The molecule has 1 aromatic heterocycles. The maximum atomic E-state index is 4.70. The van der Waals surface area contributed by atoms with E-state index in [1.54, 1.807) is 0 Å². The first kappa shape index (κ1) is 35.8. The Morgan fingerprint density at radius 2 is 1.37 bits per heavy atom. The highest BCUT2D eigenvalue weighted by molar-refractivity contribution is 5.86. The molecule has 1 heterocycles. The average molecular weight is 521 g/mol. The number of aryl methyl sites for hydroxylation is 1. The molecule has 1 unspecified atom stereocenters. The van der Waals surface area contributed by atoms with E-state index in [0.717, 1.165) is 40.6 Å². The highest BCUT2D eigenvalue weighted by atomic mass is 14.9. The van der Waals surface area contributed by atoms with Crippen molar-refractivity contribution in [3.8, 4) is 11.1 Å². The average Bonchev–Trinajstić information content (AvgIpc) is 2.90. The van der Waals surface area contributed by atoms with Crippen LogP contribution in [-0.4, -0.2) is 10.7 Å². The normalized spacial score (nSPS) is 11.8. The molecule has 0 saturated carbocycles. The van der Waals surface area contributed by atoms with Crippen LogP contribution in [0.5, 0.6) is 0 Å². The Balaban J connectivity index is 0.000000750. The van der Waals surface area contributed by atoms with Crippen molar-refractivity contribution in [3.05, 3.63) is 54.2 Å². The monoisotopic (exact) mass is 520 g/mol. The molecular formula is C36H60N2. The Morgan fingerprint density at radius 1 is 0.816 bits per heavy atom. The predicted molar refractivity (Wildman–Crippen MR) is 175 cm³/mol. The van der Waals surface area contributed by atoms with Gasteiger partial charge in [0.1, 0.15) is 0 Å². The Morgan fingerprint density at radius 3 is 1.79 bits per heavy atom. The van der Waals surface area contributed by atoms with Crippen LogP contribution >= 0.6 is 0 Å². The zero-order chi connectivity index (χ0) is 28.9. The first-order valence-electron chi connectivity index (χ1n) is 15.4. The third-order valence-electron chi connectivity index (χ3n) is 7.14. The van der Waals surface area contributed by atoms with Crippen LogP contribution in [0.25, 0.3) is 16.7 Å². The van der Waals surface area contributed by atoms with Gasteiger partial charge in [-0.15, -0.1) is 0 Å². The first-order valence-corrected chi connectivity index (χ1v) is 15.4. The summed E-state index contributed by atoms with van der Waals surface area (Å²) in [5.74, 6) is 2.28. The van der Waals surface area contributed by atoms with Crippen molar-refractivity contribution < 1.29 is 0 Å². The van der Waals surface area contributed by atoms with Crippen LogP contribution in [-0.2, 0) is 0 Å². The number of nitrogens with zero attached hydrogens (tertiary/aromatic N) is 2. The lowest BCUT2D eigenvalue weighted by Gasteiger charge is -2.10. The molecule has 0 fully saturated rings. The van der Waals surface area contributed by atoms with Gasteiger partial charge in [0.15, 0.2) is 5.82 Å². The molecule has 0 amide bonds. The topological polar surface area (TPSA) is 25.2 Å². The fraction of sp³-hybridized carbons (Fsp3) is 0.611. The molecule has 0 spiro atoms. The van der Waals surface area contributed by atoms with E-state index in [4.69, 9.17) is 4.99 Å². The van der Waals surface area contributed by atoms with Gasteiger partial charge in [0, 0.05) is 17.5 Å². The number of aliphatic imine (C=N–C) groups is 1. The van der Waals surface area contributed by atoms with Crippen LogP contribution in [0.3, 0.4) is 0 Å². The molecule has 2 rings (SSSR count). The number of rotatable bonds is 13. The third-order valence-corrected chi connectivity index (χ3v) is 7.14. The van der Waals surface area contributed by atoms with Crippen LogP contribution in [0.1, 0.15) is 138 Å². The molecule has 0 aliphatic heterocycles. The van der Waals surface area contributed by atoms with Crippen LogP contribution in [0.15, 0.2) is 48.1 Å². The molecule has 0 radical (unpaired) electrons. The molecule has 1 aromatic carbocycles. The van der Waals surface area contributed by atoms with Crippen molar-refractivity contribution in [1.82, 2.24) is 4.98 Å². The molecule has 38 heavy (non-hydrogen) atoms. The standard InChI is InChI=1S/C21H26N2.C8H18.C7H16/c1-7-15(4)17(6)23-21-16(5)12-20(13-22-21)19-10-8-18(9-11-19)14(2)3;1-4-6-8(3)7-5-2;1-3-5-7-6-4-2/h8-13,15H,2,7H2,1,3-6H3;8H,4-7H2,1-3H3;3-7H2,1-2H3. The molecule has 1 atom stereocenters. The highest BCUT2D eigenvalue weighted by Crippen LogP contribution is 2.26. The van der Waals surface area contributed by atoms with Crippen molar-refractivity contribution in [2.75, 3.05) is 0 Å². The fourth-order valence-electron chi connectivity index (χ4n) is 4.17. The second kappa shape index (κ2) is 21.7. The summed E-state index contributed by atoms with van der Waals surface area (Å²) in [7, 11) is 0. The molecule has 0 saturated heterocycles. The Bertz CT molecular complexity index is 897. The van der Waals surface area contributed by atoms with Crippen LogP contribution in [0.2, 0.25) is 0 Å². The second-order valence-electron chi connectivity index (χ2n) is 11.0. The molecular weight excluding hydrogens is 460 g/mol. The number of pyridine rings is 1. The van der Waals surface area contributed by atoms with E-state index < -0.39 is 0 Å². The minimum atomic E-state index is 0.491. The number of benzene rings is 1. The van der Waals surface area contributed by atoms with Gasteiger partial charge in [0.25, 0.3) is 0 Å². The zero-order valence-corrected chi connectivity index (χ0v) is 26.8. The molecule has 0 aliphatic carbocycles. The highest BCUT2D eigenvalue weighted by Gasteiger charge is 2.07. The maximum absolute atomic E-state index is 4.70. The molecule has 0 bridgehead atoms. The summed E-state index contributed by atoms with van der Waals surface area (Å²) >= 11 is 0. The fourth-order valence-corrected chi connectivity index (χ4v) is 4.17. The van der Waals surface area contributed by atoms with Gasteiger partial charge in [-0.1, -0.05) is 143 Å². The maximum Gasteiger partial charge on any atom is 0.154 e. The summed E-state index contributed by atoms with van der Waals surface area (Å²) in [6, 6.07) is 10.6. The lowest BCUT2D eigenvalue weighted by Crippen LogP contribution is -2.05. The van der Waals surface area contributed by atoms with Crippen molar-refractivity contribution in [2.45, 2.75) is 133 Å². The molecule has 0 N–H and O–H groups in total. The van der Waals surface area contributed by atoms with E-state index in [-0.39, 0.29) is 0 Å². The summed E-state index contributed by atoms with van der Waals surface area (Å²) < 4.78 is 0. The minimum absolute atomic E-state index is 0.491. The number of hydrogen-bond acceptors (Lipinski definition) is 2. The number of hydrogen-bond donors (Lipinski definition) is 0. The van der Waals surface area contributed by atoms with Crippen LogP contribution in [0.4, 0.5) is 5.82 Å². The zero-order valence-electron chi connectivity index (χ0n) is 26.8. The first-order chi connectivity index (χ1) is 18.1. The van der Waals surface area contributed by atoms with E-state index in [2.05, 4.69) is 104 Å². The van der Waals surface area contributed by atoms with Crippen LogP contribution < -0.4 is 0 Å².